The van der Waals surface area contributed by atoms with Gasteiger partial charge in [0.05, 0.1) is 7.11 Å². The van der Waals surface area contributed by atoms with Gasteiger partial charge in [-0.05, 0) is 56.9 Å². The maximum atomic E-state index is 13.3. The van der Waals surface area contributed by atoms with Gasteiger partial charge in [-0.1, -0.05) is 13.8 Å². The van der Waals surface area contributed by atoms with Gasteiger partial charge in [-0.3, -0.25) is 9.59 Å². The maximum Gasteiger partial charge on any atom is 0.328 e. The summed E-state index contributed by atoms with van der Waals surface area (Å²) in [6.07, 6.45) is 1.71. The summed E-state index contributed by atoms with van der Waals surface area (Å²) in [5, 5.41) is 2.51. The summed E-state index contributed by atoms with van der Waals surface area (Å²) >= 11 is 0. The molecule has 1 heterocycles. The molecular formula is C26H33FN2O7. The average molecular weight is 505 g/mol. The Morgan fingerprint density at radius 1 is 1.06 bits per heavy atom. The lowest BCUT2D eigenvalue weighted by molar-refractivity contribution is -0.156. The van der Waals surface area contributed by atoms with Crippen LogP contribution in [0.4, 0.5) is 4.39 Å². The number of aromatic nitrogens is 1. The summed E-state index contributed by atoms with van der Waals surface area (Å²) in [5.74, 6) is -1.97. The lowest BCUT2D eigenvalue weighted by Crippen LogP contribution is -2.45. The Kier molecular flexibility index (Phi) is 10.6. The molecule has 1 aromatic carbocycles. The van der Waals surface area contributed by atoms with Crippen LogP contribution in [0.15, 0.2) is 36.5 Å². The molecule has 196 valence electrons. The van der Waals surface area contributed by atoms with E-state index in [1.54, 1.807) is 6.92 Å². The highest BCUT2D eigenvalue weighted by atomic mass is 19.1. The molecule has 0 radical (unpaired) electrons. The van der Waals surface area contributed by atoms with Crippen LogP contribution < -0.4 is 19.5 Å². The zero-order valence-electron chi connectivity index (χ0n) is 21.4. The van der Waals surface area contributed by atoms with E-state index < -0.39 is 36.1 Å². The Bertz CT molecular complexity index is 1040. The molecular weight excluding hydrogens is 471 g/mol. The fraction of sp³-hybridized carbons (Fsp3) is 0.462. The van der Waals surface area contributed by atoms with Crippen molar-refractivity contribution in [3.05, 3.63) is 48.0 Å². The normalized spacial score (nSPS) is 13.3. The van der Waals surface area contributed by atoms with Crippen LogP contribution in [0.1, 0.15) is 57.9 Å². The first-order valence-electron chi connectivity index (χ1n) is 11.8. The van der Waals surface area contributed by atoms with E-state index in [9.17, 15) is 18.8 Å². The number of benzene rings is 1. The van der Waals surface area contributed by atoms with E-state index in [1.807, 2.05) is 13.8 Å². The highest BCUT2D eigenvalue weighted by molar-refractivity contribution is 5.98. The van der Waals surface area contributed by atoms with Gasteiger partial charge in [-0.25, -0.2) is 14.2 Å². The number of methoxy groups -OCH3 is 1. The molecule has 1 amide bonds. The van der Waals surface area contributed by atoms with Gasteiger partial charge in [0.25, 0.3) is 5.91 Å². The van der Waals surface area contributed by atoms with Crippen molar-refractivity contribution in [2.45, 2.75) is 65.7 Å². The number of amides is 1. The summed E-state index contributed by atoms with van der Waals surface area (Å²) in [5.41, 5.74) is -0.216. The van der Waals surface area contributed by atoms with Crippen molar-refractivity contribution >= 4 is 17.8 Å². The molecule has 2 aromatic rings. The number of rotatable bonds is 12. The molecule has 0 fully saturated rings. The zero-order valence-corrected chi connectivity index (χ0v) is 21.4. The number of esters is 2. The van der Waals surface area contributed by atoms with Crippen LogP contribution in [0.3, 0.4) is 0 Å². The van der Waals surface area contributed by atoms with Crippen molar-refractivity contribution in [2.75, 3.05) is 7.11 Å². The molecule has 0 bridgehead atoms. The number of nitrogens with one attached hydrogen (secondary N) is 1. The first-order chi connectivity index (χ1) is 17.1. The molecule has 1 N–H and O–H groups in total. The van der Waals surface area contributed by atoms with Gasteiger partial charge in [0.2, 0.25) is 5.75 Å². The molecule has 0 aliphatic heterocycles. The third kappa shape index (κ3) is 7.66. The Hall–Kier alpha value is -3.69. The molecule has 0 saturated carbocycles. The molecule has 0 saturated heterocycles. The summed E-state index contributed by atoms with van der Waals surface area (Å²) in [6, 6.07) is 6.02. The van der Waals surface area contributed by atoms with Crippen molar-refractivity contribution in [1.29, 1.82) is 0 Å². The van der Waals surface area contributed by atoms with E-state index in [0.717, 1.165) is 12.8 Å². The van der Waals surface area contributed by atoms with Gasteiger partial charge in [0.1, 0.15) is 29.8 Å². The number of hydrogen-bond donors (Lipinski definition) is 1. The third-order valence-electron chi connectivity index (χ3n) is 5.61. The van der Waals surface area contributed by atoms with E-state index in [0.29, 0.717) is 5.75 Å². The van der Waals surface area contributed by atoms with E-state index in [-0.39, 0.29) is 28.9 Å². The van der Waals surface area contributed by atoms with E-state index in [1.165, 1.54) is 57.5 Å². The van der Waals surface area contributed by atoms with Crippen molar-refractivity contribution < 1.29 is 37.7 Å². The lowest BCUT2D eigenvalue weighted by atomic mass is 9.93. The number of carbonyl (C=O) groups excluding carboxylic acids is 3. The fourth-order valence-corrected chi connectivity index (χ4v) is 3.67. The predicted octanol–water partition coefficient (Wildman–Crippen LogP) is 4.09. The predicted molar refractivity (Wildman–Crippen MR) is 129 cm³/mol. The van der Waals surface area contributed by atoms with Gasteiger partial charge < -0.3 is 24.3 Å². The monoisotopic (exact) mass is 504 g/mol. The topological polar surface area (TPSA) is 113 Å². The van der Waals surface area contributed by atoms with Crippen molar-refractivity contribution in [2.24, 2.45) is 5.92 Å². The van der Waals surface area contributed by atoms with Gasteiger partial charge >= 0.3 is 11.9 Å². The van der Waals surface area contributed by atoms with Crippen molar-refractivity contribution in [3.63, 3.8) is 0 Å². The summed E-state index contributed by atoms with van der Waals surface area (Å²) in [6.45, 7) is 8.37. The second-order valence-corrected chi connectivity index (χ2v) is 8.23. The molecule has 0 spiro atoms. The maximum absolute atomic E-state index is 13.3. The van der Waals surface area contributed by atoms with E-state index >= 15 is 0 Å². The molecule has 0 aliphatic carbocycles. The minimum atomic E-state index is -1.05. The van der Waals surface area contributed by atoms with E-state index in [2.05, 4.69) is 10.3 Å². The molecule has 3 atom stereocenters. The Morgan fingerprint density at radius 3 is 2.25 bits per heavy atom. The van der Waals surface area contributed by atoms with Crippen molar-refractivity contribution in [3.8, 4) is 17.2 Å². The van der Waals surface area contributed by atoms with Crippen LogP contribution in [-0.4, -0.2) is 48.2 Å². The molecule has 0 unspecified atom stereocenters. The Balaban J connectivity index is 2.13. The SMILES string of the molecule is CCC(CC)[C@@H](Oc1ccc(F)cc1)[C@H](C)OC(=O)[C@H](C)NC(=O)c1nccc(OC)c1OC(C)=O. The average Bonchev–Trinajstić information content (AvgIpc) is 2.84. The van der Waals surface area contributed by atoms with Crippen LogP contribution in [0, 0.1) is 11.7 Å². The summed E-state index contributed by atoms with van der Waals surface area (Å²) in [7, 11) is 1.36. The largest absolute Gasteiger partial charge is 0.493 e. The zero-order chi connectivity index (χ0) is 26.8. The summed E-state index contributed by atoms with van der Waals surface area (Å²) in [4.78, 5) is 41.1. The number of carbonyl (C=O) groups is 3. The van der Waals surface area contributed by atoms with Crippen LogP contribution in [0.5, 0.6) is 17.2 Å². The van der Waals surface area contributed by atoms with Gasteiger partial charge in [-0.2, -0.15) is 0 Å². The van der Waals surface area contributed by atoms with E-state index in [4.69, 9.17) is 18.9 Å². The second-order valence-electron chi connectivity index (χ2n) is 8.23. The molecule has 36 heavy (non-hydrogen) atoms. The summed E-state index contributed by atoms with van der Waals surface area (Å²) < 4.78 is 35.3. The number of nitrogens with zero attached hydrogens (tertiary/aromatic N) is 1. The van der Waals surface area contributed by atoms with Gasteiger partial charge in [0.15, 0.2) is 11.4 Å². The van der Waals surface area contributed by atoms with Crippen LogP contribution in [0.2, 0.25) is 0 Å². The number of halogens is 1. The highest BCUT2D eigenvalue weighted by Gasteiger charge is 2.32. The Labute approximate surface area is 210 Å². The molecule has 2 rings (SSSR count). The number of pyridine rings is 1. The molecule has 10 heteroatoms. The first-order valence-corrected chi connectivity index (χ1v) is 11.8. The van der Waals surface area contributed by atoms with Crippen LogP contribution in [0.25, 0.3) is 0 Å². The fourth-order valence-electron chi connectivity index (χ4n) is 3.67. The van der Waals surface area contributed by atoms with Crippen molar-refractivity contribution in [1.82, 2.24) is 10.3 Å². The minimum absolute atomic E-state index is 0.0648. The molecule has 1 aromatic heterocycles. The van der Waals surface area contributed by atoms with Crippen LogP contribution in [-0.2, 0) is 14.3 Å². The lowest BCUT2D eigenvalue weighted by Gasteiger charge is -2.31. The quantitative estimate of drug-likeness (QED) is 0.430. The smallest absolute Gasteiger partial charge is 0.328 e. The number of hydrogen-bond acceptors (Lipinski definition) is 8. The molecule has 9 nitrogen and oxygen atoms in total. The van der Waals surface area contributed by atoms with Gasteiger partial charge in [0, 0.05) is 19.2 Å². The second kappa shape index (κ2) is 13.4. The number of ether oxygens (including phenoxy) is 4. The minimum Gasteiger partial charge on any atom is -0.493 e. The highest BCUT2D eigenvalue weighted by Crippen LogP contribution is 2.30. The first kappa shape index (κ1) is 28.5. The van der Waals surface area contributed by atoms with Crippen LogP contribution >= 0.6 is 0 Å². The standard InChI is InChI=1S/C26H33FN2O7/c1-7-18(8-2)23(36-20-11-9-19(27)10-12-20)16(4)34-26(32)15(3)29-25(31)22-24(35-17(5)30)21(33-6)13-14-28-22/h9-16,18,23H,7-8H2,1-6H3,(H,29,31)/t15-,16-,23-/m0/s1. The van der Waals surface area contributed by atoms with Gasteiger partial charge in [-0.15, -0.1) is 0 Å². The Morgan fingerprint density at radius 2 is 1.69 bits per heavy atom. The molecule has 0 aliphatic rings. The third-order valence-corrected chi connectivity index (χ3v) is 5.61.